The summed E-state index contributed by atoms with van der Waals surface area (Å²) in [7, 11) is 0. The lowest BCUT2D eigenvalue weighted by atomic mass is 10.0. The van der Waals surface area contributed by atoms with Crippen LogP contribution < -0.4 is 4.74 Å². The average molecular weight is 332 g/mol. The molecule has 0 aliphatic carbocycles. The van der Waals surface area contributed by atoms with Gasteiger partial charge >= 0.3 is 6.09 Å². The molecule has 2 bridgehead atoms. The summed E-state index contributed by atoms with van der Waals surface area (Å²) >= 11 is 0. The first-order chi connectivity index (χ1) is 11.8. The van der Waals surface area contributed by atoms with Gasteiger partial charge in [-0.1, -0.05) is 0 Å². The van der Waals surface area contributed by atoms with Gasteiger partial charge in [0.25, 0.3) is 0 Å². The molecule has 0 saturated carbocycles. The van der Waals surface area contributed by atoms with Crippen LogP contribution in [0.2, 0.25) is 0 Å². The van der Waals surface area contributed by atoms with Crippen molar-refractivity contribution in [2.24, 2.45) is 0 Å². The van der Waals surface area contributed by atoms with Crippen LogP contribution in [-0.2, 0) is 9.47 Å². The fourth-order valence-corrected chi connectivity index (χ4v) is 4.15. The average Bonchev–Trinajstić information content (AvgIpc) is 3.20. The molecule has 1 amide bonds. The van der Waals surface area contributed by atoms with Crippen LogP contribution in [0.5, 0.6) is 5.75 Å². The molecule has 3 aliphatic heterocycles. The zero-order valence-electron chi connectivity index (χ0n) is 13.8. The Kier molecular flexibility index (Phi) is 4.56. The molecule has 0 N–H and O–H groups in total. The summed E-state index contributed by atoms with van der Waals surface area (Å²) in [5.74, 6) is 0.802. The van der Waals surface area contributed by atoms with E-state index in [4.69, 9.17) is 14.2 Å². The largest absolute Gasteiger partial charge is 0.489 e. The monoisotopic (exact) mass is 332 g/mol. The first-order valence-corrected chi connectivity index (χ1v) is 8.93. The predicted molar refractivity (Wildman–Crippen MR) is 86.9 cm³/mol. The van der Waals surface area contributed by atoms with Gasteiger partial charge in [-0.15, -0.1) is 0 Å². The third-order valence-electron chi connectivity index (χ3n) is 5.25. The number of fused-ring (bicyclic) bond motifs is 2. The third-order valence-corrected chi connectivity index (χ3v) is 5.25. The molecule has 3 unspecified atom stereocenters. The Balaban J connectivity index is 1.32. The number of rotatable bonds is 4. The van der Waals surface area contributed by atoms with Crippen molar-refractivity contribution in [3.63, 3.8) is 0 Å². The van der Waals surface area contributed by atoms with Gasteiger partial charge in [-0.2, -0.15) is 0 Å². The van der Waals surface area contributed by atoms with Crippen molar-refractivity contribution in [2.45, 2.75) is 62.8 Å². The number of carbonyl (C=O) groups excluding carboxylic acids is 1. The van der Waals surface area contributed by atoms with Gasteiger partial charge in [0.1, 0.15) is 18.5 Å². The fourth-order valence-electron chi connectivity index (χ4n) is 4.15. The second kappa shape index (κ2) is 6.97. The number of amides is 1. The molecule has 6 nitrogen and oxygen atoms in total. The first-order valence-electron chi connectivity index (χ1n) is 8.93. The molecule has 3 atom stereocenters. The molecule has 1 aromatic heterocycles. The highest BCUT2D eigenvalue weighted by atomic mass is 16.6. The molecule has 6 heteroatoms. The Morgan fingerprint density at radius 3 is 2.79 bits per heavy atom. The van der Waals surface area contributed by atoms with E-state index in [0.717, 1.165) is 50.9 Å². The minimum Gasteiger partial charge on any atom is -0.489 e. The second-order valence-corrected chi connectivity index (χ2v) is 6.90. The molecule has 1 aromatic rings. The van der Waals surface area contributed by atoms with E-state index in [-0.39, 0.29) is 30.4 Å². The highest BCUT2D eigenvalue weighted by molar-refractivity contribution is 5.69. The van der Waals surface area contributed by atoms with Crippen molar-refractivity contribution in [1.82, 2.24) is 9.88 Å². The van der Waals surface area contributed by atoms with Crippen LogP contribution in [0.4, 0.5) is 4.79 Å². The second-order valence-electron chi connectivity index (χ2n) is 6.90. The highest BCUT2D eigenvalue weighted by Gasteiger charge is 2.45. The zero-order valence-corrected chi connectivity index (χ0v) is 13.8. The van der Waals surface area contributed by atoms with Gasteiger partial charge in [0.2, 0.25) is 0 Å². The van der Waals surface area contributed by atoms with E-state index in [9.17, 15) is 4.79 Å². The molecule has 130 valence electrons. The molecule has 3 fully saturated rings. The number of nitrogens with zero attached hydrogens (tertiary/aromatic N) is 2. The van der Waals surface area contributed by atoms with Crippen molar-refractivity contribution >= 4 is 6.09 Å². The standard InChI is InChI=1S/C18H24N2O4/c21-18(23-12-16-4-2-8-22-16)20-13-5-6-14(20)10-17(9-13)24-15-3-1-7-19-11-15/h1,3,7,11,13-14,16-17H,2,4-6,8-10,12H2. The lowest BCUT2D eigenvalue weighted by molar-refractivity contribution is 0.00522. The number of ether oxygens (including phenoxy) is 3. The zero-order chi connectivity index (χ0) is 16.4. The van der Waals surface area contributed by atoms with Crippen LogP contribution >= 0.6 is 0 Å². The Morgan fingerprint density at radius 2 is 2.12 bits per heavy atom. The first kappa shape index (κ1) is 15.7. The SMILES string of the molecule is O=C(OCC1CCCO1)N1C2CCC1CC(Oc1cccnc1)C2. The van der Waals surface area contributed by atoms with Crippen molar-refractivity contribution in [3.8, 4) is 5.75 Å². The van der Waals surface area contributed by atoms with Crippen molar-refractivity contribution in [3.05, 3.63) is 24.5 Å². The Hall–Kier alpha value is -1.82. The minimum atomic E-state index is -0.183. The van der Waals surface area contributed by atoms with Crippen LogP contribution in [0.15, 0.2) is 24.5 Å². The van der Waals surface area contributed by atoms with Crippen LogP contribution in [0.1, 0.15) is 38.5 Å². The molecule has 0 spiro atoms. The summed E-state index contributed by atoms with van der Waals surface area (Å²) in [5, 5.41) is 0. The molecular weight excluding hydrogens is 308 g/mol. The molecule has 4 rings (SSSR count). The van der Waals surface area contributed by atoms with Gasteiger partial charge in [-0.25, -0.2) is 4.79 Å². The van der Waals surface area contributed by atoms with Crippen molar-refractivity contribution in [2.75, 3.05) is 13.2 Å². The van der Waals surface area contributed by atoms with Gasteiger partial charge in [0, 0.05) is 37.7 Å². The molecule has 3 saturated heterocycles. The van der Waals surface area contributed by atoms with Gasteiger partial charge < -0.3 is 19.1 Å². The van der Waals surface area contributed by atoms with E-state index >= 15 is 0 Å². The van der Waals surface area contributed by atoms with Crippen LogP contribution in [0.25, 0.3) is 0 Å². The summed E-state index contributed by atoms with van der Waals surface area (Å²) in [6.07, 6.45) is 9.36. The Morgan fingerprint density at radius 1 is 1.29 bits per heavy atom. The van der Waals surface area contributed by atoms with Crippen molar-refractivity contribution < 1.29 is 19.0 Å². The third kappa shape index (κ3) is 3.34. The molecule has 3 aliphatic rings. The van der Waals surface area contributed by atoms with Gasteiger partial charge in [0.15, 0.2) is 0 Å². The van der Waals surface area contributed by atoms with E-state index < -0.39 is 0 Å². The molecular formula is C18H24N2O4. The normalized spacial score (nSPS) is 31.9. The molecule has 0 aromatic carbocycles. The smallest absolute Gasteiger partial charge is 0.410 e. The summed E-state index contributed by atoms with van der Waals surface area (Å²) in [6.45, 7) is 1.16. The molecule has 4 heterocycles. The van der Waals surface area contributed by atoms with E-state index in [2.05, 4.69) is 4.98 Å². The Labute approximate surface area is 142 Å². The van der Waals surface area contributed by atoms with Crippen LogP contribution in [0, 0.1) is 0 Å². The van der Waals surface area contributed by atoms with Crippen LogP contribution in [-0.4, -0.2) is 53.5 Å². The number of carbonyl (C=O) groups is 1. The summed E-state index contributed by atoms with van der Waals surface area (Å²) in [5.41, 5.74) is 0. The number of aromatic nitrogens is 1. The van der Waals surface area contributed by atoms with E-state index in [1.807, 2.05) is 17.0 Å². The topological polar surface area (TPSA) is 60.9 Å². The fraction of sp³-hybridized carbons (Fsp3) is 0.667. The molecule has 24 heavy (non-hydrogen) atoms. The highest BCUT2D eigenvalue weighted by Crippen LogP contribution is 2.37. The maximum absolute atomic E-state index is 12.5. The van der Waals surface area contributed by atoms with Gasteiger partial charge in [0.05, 0.1) is 12.3 Å². The predicted octanol–water partition coefficient (Wildman–Crippen LogP) is 2.77. The summed E-state index contributed by atoms with van der Waals surface area (Å²) in [6, 6.07) is 4.25. The lowest BCUT2D eigenvalue weighted by Crippen LogP contribution is -2.49. The van der Waals surface area contributed by atoms with Gasteiger partial charge in [-0.3, -0.25) is 4.98 Å². The number of hydrogen-bond acceptors (Lipinski definition) is 5. The number of hydrogen-bond donors (Lipinski definition) is 0. The summed E-state index contributed by atoms with van der Waals surface area (Å²) < 4.78 is 17.1. The van der Waals surface area contributed by atoms with Crippen LogP contribution in [0.3, 0.4) is 0 Å². The van der Waals surface area contributed by atoms with Crippen molar-refractivity contribution in [1.29, 1.82) is 0 Å². The number of pyridine rings is 1. The minimum absolute atomic E-state index is 0.0815. The molecule has 0 radical (unpaired) electrons. The number of piperidine rings is 1. The maximum atomic E-state index is 12.5. The van der Waals surface area contributed by atoms with Gasteiger partial charge in [-0.05, 0) is 37.8 Å². The Bertz CT molecular complexity index is 547. The summed E-state index contributed by atoms with van der Waals surface area (Å²) in [4.78, 5) is 18.5. The quantitative estimate of drug-likeness (QED) is 0.848. The maximum Gasteiger partial charge on any atom is 0.410 e. The van der Waals surface area contributed by atoms with E-state index in [1.54, 1.807) is 12.4 Å². The van der Waals surface area contributed by atoms with E-state index in [1.165, 1.54) is 0 Å². The van der Waals surface area contributed by atoms with E-state index in [0.29, 0.717) is 6.61 Å². The lowest BCUT2D eigenvalue weighted by Gasteiger charge is -2.38.